The zero-order valence-electron chi connectivity index (χ0n) is 17.0. The van der Waals surface area contributed by atoms with Crippen LogP contribution in [0.15, 0.2) is 66.9 Å². The molecule has 3 aromatic rings. The lowest BCUT2D eigenvalue weighted by Gasteiger charge is -2.27. The van der Waals surface area contributed by atoms with E-state index in [9.17, 15) is 9.59 Å². The van der Waals surface area contributed by atoms with Crippen LogP contribution in [0.3, 0.4) is 0 Å². The number of amides is 2. The summed E-state index contributed by atoms with van der Waals surface area (Å²) in [7, 11) is 1.94. The van der Waals surface area contributed by atoms with Crippen LogP contribution in [0.1, 0.15) is 46.1 Å². The molecule has 0 aliphatic carbocycles. The Hall–Kier alpha value is -3.05. The molecule has 2 amide bonds. The number of halogens is 1. The molecule has 1 aliphatic heterocycles. The van der Waals surface area contributed by atoms with E-state index in [1.165, 1.54) is 0 Å². The Balaban J connectivity index is 1.57. The average Bonchev–Trinajstić information content (AvgIpc) is 3.28. The van der Waals surface area contributed by atoms with Gasteiger partial charge in [0.2, 0.25) is 5.91 Å². The number of carbonyl (C=O) groups is 2. The molecule has 4 rings (SSSR count). The summed E-state index contributed by atoms with van der Waals surface area (Å²) in [6, 6.07) is 18.3. The van der Waals surface area contributed by atoms with Gasteiger partial charge in [0.05, 0.1) is 6.54 Å². The largest absolute Gasteiger partial charge is 0.353 e. The smallest absolute Gasteiger partial charge is 0.255 e. The second-order valence-corrected chi connectivity index (χ2v) is 8.16. The number of aryl methyl sites for hydroxylation is 1. The number of fused-ring (bicyclic) bond motifs is 1. The van der Waals surface area contributed by atoms with Crippen molar-refractivity contribution < 1.29 is 9.59 Å². The summed E-state index contributed by atoms with van der Waals surface area (Å²) in [5, 5.41) is 3.68. The van der Waals surface area contributed by atoms with Gasteiger partial charge in [0.15, 0.2) is 0 Å². The first-order valence-corrected chi connectivity index (χ1v) is 10.4. The van der Waals surface area contributed by atoms with Crippen molar-refractivity contribution in [3.63, 3.8) is 0 Å². The first-order chi connectivity index (χ1) is 14.5. The highest BCUT2D eigenvalue weighted by Gasteiger charge is 2.41. The number of benzene rings is 2. The van der Waals surface area contributed by atoms with Crippen LogP contribution in [0.5, 0.6) is 0 Å². The predicted octanol–water partition coefficient (Wildman–Crippen LogP) is 4.30. The van der Waals surface area contributed by atoms with Crippen LogP contribution >= 0.6 is 11.6 Å². The molecule has 0 saturated carbocycles. The fraction of sp³-hybridized carbons (Fsp3) is 0.250. The SMILES string of the molecule is CC(CN1C(=O)c2ccccc2C1C(=O)NCc1cccn1C)c1ccc(Cl)cc1. The van der Waals surface area contributed by atoms with Gasteiger partial charge in [0, 0.05) is 36.1 Å². The Labute approximate surface area is 181 Å². The van der Waals surface area contributed by atoms with Gasteiger partial charge in [0.1, 0.15) is 6.04 Å². The lowest BCUT2D eigenvalue weighted by atomic mass is 9.99. The van der Waals surface area contributed by atoms with Crippen molar-refractivity contribution in [1.29, 1.82) is 0 Å². The van der Waals surface area contributed by atoms with E-state index in [4.69, 9.17) is 11.6 Å². The average molecular weight is 422 g/mol. The molecule has 154 valence electrons. The molecule has 30 heavy (non-hydrogen) atoms. The van der Waals surface area contributed by atoms with E-state index >= 15 is 0 Å². The molecule has 1 N–H and O–H groups in total. The molecule has 2 aromatic carbocycles. The van der Waals surface area contributed by atoms with Crippen molar-refractivity contribution in [2.45, 2.75) is 25.4 Å². The molecule has 0 saturated heterocycles. The molecule has 2 heterocycles. The van der Waals surface area contributed by atoms with Crippen LogP contribution < -0.4 is 5.32 Å². The number of aromatic nitrogens is 1. The van der Waals surface area contributed by atoms with Crippen LogP contribution in [-0.2, 0) is 18.4 Å². The van der Waals surface area contributed by atoms with Crippen LogP contribution in [0.25, 0.3) is 0 Å². The van der Waals surface area contributed by atoms with Gasteiger partial charge in [-0.3, -0.25) is 9.59 Å². The van der Waals surface area contributed by atoms with Crippen molar-refractivity contribution in [2.24, 2.45) is 7.05 Å². The van der Waals surface area contributed by atoms with Crippen LogP contribution in [-0.4, -0.2) is 27.8 Å². The Kier molecular flexibility index (Phi) is 5.64. The molecule has 6 heteroatoms. The van der Waals surface area contributed by atoms with Crippen molar-refractivity contribution in [3.05, 3.63) is 94.3 Å². The van der Waals surface area contributed by atoms with E-state index in [0.717, 1.165) is 16.8 Å². The highest BCUT2D eigenvalue weighted by molar-refractivity contribution is 6.30. The highest BCUT2D eigenvalue weighted by atomic mass is 35.5. The second-order valence-electron chi connectivity index (χ2n) is 7.73. The lowest BCUT2D eigenvalue weighted by molar-refractivity contribution is -0.125. The maximum atomic E-state index is 13.2. The fourth-order valence-corrected chi connectivity index (χ4v) is 4.11. The van der Waals surface area contributed by atoms with Crippen molar-refractivity contribution in [1.82, 2.24) is 14.8 Å². The summed E-state index contributed by atoms with van der Waals surface area (Å²) >= 11 is 6.00. The number of hydrogen-bond donors (Lipinski definition) is 1. The second kappa shape index (κ2) is 8.36. The number of nitrogens with zero attached hydrogens (tertiary/aromatic N) is 2. The molecular weight excluding hydrogens is 398 g/mol. The Morgan fingerprint density at radius 2 is 1.83 bits per heavy atom. The molecule has 2 atom stereocenters. The molecule has 1 aromatic heterocycles. The first-order valence-electron chi connectivity index (χ1n) is 9.99. The van der Waals surface area contributed by atoms with Gasteiger partial charge in [-0.2, -0.15) is 0 Å². The number of carbonyl (C=O) groups excluding carboxylic acids is 2. The summed E-state index contributed by atoms with van der Waals surface area (Å²) < 4.78 is 1.97. The minimum Gasteiger partial charge on any atom is -0.353 e. The summed E-state index contributed by atoms with van der Waals surface area (Å²) in [6.07, 6.45) is 1.94. The Bertz CT molecular complexity index is 1070. The maximum Gasteiger partial charge on any atom is 0.255 e. The predicted molar refractivity (Wildman–Crippen MR) is 117 cm³/mol. The Morgan fingerprint density at radius 3 is 2.53 bits per heavy atom. The molecule has 0 bridgehead atoms. The third kappa shape index (κ3) is 3.85. The quantitative estimate of drug-likeness (QED) is 0.645. The van der Waals surface area contributed by atoms with Crippen molar-refractivity contribution in [2.75, 3.05) is 6.54 Å². The standard InChI is InChI=1S/C24H24ClN3O2/c1-16(17-9-11-18(25)12-10-17)15-28-22(20-7-3-4-8-21(20)24(28)30)23(29)26-14-19-6-5-13-27(19)2/h3-13,16,22H,14-15H2,1-2H3,(H,26,29). The lowest BCUT2D eigenvalue weighted by Crippen LogP contribution is -2.40. The Morgan fingerprint density at radius 1 is 1.10 bits per heavy atom. The van der Waals surface area contributed by atoms with E-state index in [0.29, 0.717) is 23.7 Å². The van der Waals surface area contributed by atoms with E-state index in [1.54, 1.807) is 11.0 Å². The van der Waals surface area contributed by atoms with Crippen molar-refractivity contribution >= 4 is 23.4 Å². The third-order valence-electron chi connectivity index (χ3n) is 5.71. The van der Waals surface area contributed by atoms with Gasteiger partial charge in [-0.05, 0) is 47.4 Å². The van der Waals surface area contributed by atoms with Crippen LogP contribution in [0.2, 0.25) is 5.02 Å². The number of rotatable bonds is 6. The van der Waals surface area contributed by atoms with Crippen molar-refractivity contribution in [3.8, 4) is 0 Å². The summed E-state index contributed by atoms with van der Waals surface area (Å²) in [5.41, 5.74) is 3.43. The molecule has 0 spiro atoms. The van der Waals surface area contributed by atoms with Crippen LogP contribution in [0.4, 0.5) is 0 Å². The van der Waals surface area contributed by atoms with E-state index < -0.39 is 6.04 Å². The molecule has 5 nitrogen and oxygen atoms in total. The topological polar surface area (TPSA) is 54.3 Å². The van der Waals surface area contributed by atoms with Crippen LogP contribution in [0, 0.1) is 0 Å². The first kappa shape index (κ1) is 20.2. The zero-order valence-corrected chi connectivity index (χ0v) is 17.8. The minimum absolute atomic E-state index is 0.0590. The highest BCUT2D eigenvalue weighted by Crippen LogP contribution is 2.35. The molecule has 2 unspecified atom stereocenters. The minimum atomic E-state index is -0.635. The number of nitrogens with one attached hydrogen (secondary N) is 1. The van der Waals surface area contributed by atoms with Gasteiger partial charge in [0.25, 0.3) is 5.91 Å². The van der Waals surface area contributed by atoms with Gasteiger partial charge >= 0.3 is 0 Å². The molecular formula is C24H24ClN3O2. The zero-order chi connectivity index (χ0) is 21.3. The molecule has 1 aliphatic rings. The van der Waals surface area contributed by atoms with Gasteiger partial charge in [-0.1, -0.05) is 48.9 Å². The summed E-state index contributed by atoms with van der Waals surface area (Å²) in [4.78, 5) is 28.0. The summed E-state index contributed by atoms with van der Waals surface area (Å²) in [6.45, 7) is 2.91. The maximum absolute atomic E-state index is 13.2. The number of hydrogen-bond acceptors (Lipinski definition) is 2. The van der Waals surface area contributed by atoms with Gasteiger partial charge in [-0.25, -0.2) is 0 Å². The molecule has 0 radical (unpaired) electrons. The monoisotopic (exact) mass is 421 g/mol. The summed E-state index contributed by atoms with van der Waals surface area (Å²) in [5.74, 6) is -0.216. The van der Waals surface area contributed by atoms with E-state index in [1.807, 2.05) is 72.4 Å². The fourth-order valence-electron chi connectivity index (χ4n) is 3.99. The normalized spacial score (nSPS) is 16.4. The molecule has 0 fully saturated rings. The van der Waals surface area contributed by atoms with E-state index in [-0.39, 0.29) is 17.7 Å². The van der Waals surface area contributed by atoms with Gasteiger partial charge in [-0.15, -0.1) is 0 Å². The third-order valence-corrected chi connectivity index (χ3v) is 5.96. The van der Waals surface area contributed by atoms with Gasteiger partial charge < -0.3 is 14.8 Å². The van der Waals surface area contributed by atoms with E-state index in [2.05, 4.69) is 12.2 Å².